The van der Waals surface area contributed by atoms with E-state index >= 15 is 0 Å². The van der Waals surface area contributed by atoms with Gasteiger partial charge in [-0.25, -0.2) is 4.98 Å². The second-order valence-electron chi connectivity index (χ2n) is 6.18. The van der Waals surface area contributed by atoms with E-state index in [1.807, 2.05) is 67.6 Å². The molecule has 3 nitrogen and oxygen atoms in total. The Morgan fingerprint density at radius 3 is 2.08 bits per heavy atom. The lowest BCUT2D eigenvalue weighted by Crippen LogP contribution is -2.14. The van der Waals surface area contributed by atoms with Gasteiger partial charge in [0.1, 0.15) is 0 Å². The molecule has 0 saturated carbocycles. The first-order chi connectivity index (χ1) is 12.7. The summed E-state index contributed by atoms with van der Waals surface area (Å²) in [5.41, 5.74) is 3.90. The van der Waals surface area contributed by atoms with E-state index in [4.69, 9.17) is 4.98 Å². The van der Waals surface area contributed by atoms with E-state index in [1.165, 1.54) is 5.56 Å². The third-order valence-electron chi connectivity index (χ3n) is 4.22. The van der Waals surface area contributed by atoms with Crippen LogP contribution in [0.2, 0.25) is 0 Å². The van der Waals surface area contributed by atoms with Crippen molar-refractivity contribution in [3.05, 3.63) is 78.4 Å². The molecule has 128 valence electrons. The molecule has 1 heterocycles. The van der Waals surface area contributed by atoms with Gasteiger partial charge in [0.05, 0.1) is 16.8 Å². The highest BCUT2D eigenvalue weighted by Crippen LogP contribution is 2.34. The fourth-order valence-electron chi connectivity index (χ4n) is 2.93. The number of anilines is 1. The average molecular weight is 358 g/mol. The molecule has 0 atom stereocenters. The van der Waals surface area contributed by atoms with Gasteiger partial charge in [-0.3, -0.25) is 4.79 Å². The molecular weight excluding hydrogens is 340 g/mol. The minimum absolute atomic E-state index is 0.0103. The molecule has 0 spiro atoms. The van der Waals surface area contributed by atoms with Crippen LogP contribution < -0.4 is 5.32 Å². The fourth-order valence-corrected chi connectivity index (χ4v) is 3.93. The lowest BCUT2D eigenvalue weighted by atomic mass is 10.1. The van der Waals surface area contributed by atoms with Crippen LogP contribution in [0.4, 0.5) is 5.69 Å². The number of pyridine rings is 1. The van der Waals surface area contributed by atoms with Crippen molar-refractivity contribution in [1.82, 2.24) is 4.98 Å². The third-order valence-corrected chi connectivity index (χ3v) is 5.36. The predicted molar refractivity (Wildman–Crippen MR) is 110 cm³/mol. The fraction of sp³-hybridized carbons (Fsp3) is 0.0909. The van der Waals surface area contributed by atoms with Gasteiger partial charge in [-0.15, -0.1) is 11.8 Å². The quantitative estimate of drug-likeness (QED) is 0.391. The van der Waals surface area contributed by atoms with Crippen molar-refractivity contribution in [2.75, 3.05) is 11.1 Å². The summed E-state index contributed by atoms with van der Waals surface area (Å²) in [6.45, 7) is 2.03. The van der Waals surface area contributed by atoms with Gasteiger partial charge in [0.15, 0.2) is 0 Å². The number of hydrogen-bond donors (Lipinski definition) is 1. The standard InChI is InChI=1S/C22H18N2OS/c1-15-10-12-16(13-11-15)23-21(25)14-26-22-17-6-2-4-8-19(17)24-20-9-5-3-7-18(20)22/h2-13H,14H2,1H3,(H,23,25). The smallest absolute Gasteiger partial charge is 0.234 e. The number of thioether (sulfide) groups is 1. The Labute approximate surface area is 156 Å². The maximum atomic E-state index is 12.4. The van der Waals surface area contributed by atoms with Gasteiger partial charge in [-0.1, -0.05) is 54.1 Å². The zero-order valence-electron chi connectivity index (χ0n) is 14.4. The summed E-state index contributed by atoms with van der Waals surface area (Å²) in [6, 6.07) is 24.0. The van der Waals surface area contributed by atoms with E-state index < -0.39 is 0 Å². The van der Waals surface area contributed by atoms with Crippen molar-refractivity contribution in [2.24, 2.45) is 0 Å². The molecule has 0 bridgehead atoms. The van der Waals surface area contributed by atoms with Gasteiger partial charge in [-0.05, 0) is 31.2 Å². The second-order valence-corrected chi connectivity index (χ2v) is 7.16. The van der Waals surface area contributed by atoms with Crippen LogP contribution in [-0.2, 0) is 4.79 Å². The number of para-hydroxylation sites is 2. The molecule has 0 aliphatic rings. The minimum atomic E-state index is -0.0103. The molecule has 0 aliphatic heterocycles. The Morgan fingerprint density at radius 1 is 0.885 bits per heavy atom. The molecule has 26 heavy (non-hydrogen) atoms. The van der Waals surface area contributed by atoms with E-state index in [2.05, 4.69) is 17.4 Å². The molecule has 4 aromatic rings. The van der Waals surface area contributed by atoms with E-state index in [9.17, 15) is 4.79 Å². The molecule has 0 aliphatic carbocycles. The average Bonchev–Trinajstić information content (AvgIpc) is 2.67. The molecule has 1 amide bonds. The van der Waals surface area contributed by atoms with Crippen LogP contribution in [-0.4, -0.2) is 16.6 Å². The zero-order chi connectivity index (χ0) is 17.9. The number of nitrogens with zero attached hydrogens (tertiary/aromatic N) is 1. The number of carbonyl (C=O) groups excluding carboxylic acids is 1. The van der Waals surface area contributed by atoms with Crippen LogP contribution in [0, 0.1) is 6.92 Å². The van der Waals surface area contributed by atoms with Crippen molar-refractivity contribution in [3.63, 3.8) is 0 Å². The van der Waals surface area contributed by atoms with E-state index in [-0.39, 0.29) is 5.91 Å². The Balaban J connectivity index is 1.61. The zero-order valence-corrected chi connectivity index (χ0v) is 15.2. The first-order valence-electron chi connectivity index (χ1n) is 8.47. The molecular formula is C22H18N2OS. The number of benzene rings is 3. The Kier molecular flexibility index (Phi) is 4.59. The maximum absolute atomic E-state index is 12.4. The Morgan fingerprint density at radius 2 is 1.46 bits per heavy atom. The summed E-state index contributed by atoms with van der Waals surface area (Å²) < 4.78 is 0. The molecule has 1 aromatic heterocycles. The van der Waals surface area contributed by atoms with Gasteiger partial charge in [-0.2, -0.15) is 0 Å². The first-order valence-corrected chi connectivity index (χ1v) is 9.46. The number of rotatable bonds is 4. The molecule has 4 heteroatoms. The molecule has 0 saturated heterocycles. The summed E-state index contributed by atoms with van der Waals surface area (Å²) in [7, 11) is 0. The van der Waals surface area contributed by atoms with Crippen LogP contribution in [0.3, 0.4) is 0 Å². The van der Waals surface area contributed by atoms with E-state index in [0.29, 0.717) is 5.75 Å². The monoisotopic (exact) mass is 358 g/mol. The lowest BCUT2D eigenvalue weighted by molar-refractivity contribution is -0.113. The third kappa shape index (κ3) is 3.41. The van der Waals surface area contributed by atoms with Crippen LogP contribution >= 0.6 is 11.8 Å². The highest BCUT2D eigenvalue weighted by Gasteiger charge is 2.11. The van der Waals surface area contributed by atoms with Crippen molar-refractivity contribution in [3.8, 4) is 0 Å². The largest absolute Gasteiger partial charge is 0.325 e. The van der Waals surface area contributed by atoms with Crippen molar-refractivity contribution in [1.29, 1.82) is 0 Å². The normalized spacial score (nSPS) is 11.0. The van der Waals surface area contributed by atoms with Crippen molar-refractivity contribution >= 4 is 45.2 Å². The van der Waals surface area contributed by atoms with Gasteiger partial charge in [0, 0.05) is 21.4 Å². The number of nitrogens with one attached hydrogen (secondary N) is 1. The molecule has 0 fully saturated rings. The van der Waals surface area contributed by atoms with Crippen LogP contribution in [0.15, 0.2) is 77.7 Å². The van der Waals surface area contributed by atoms with Gasteiger partial charge in [0.2, 0.25) is 5.91 Å². The highest BCUT2D eigenvalue weighted by atomic mass is 32.2. The maximum Gasteiger partial charge on any atom is 0.234 e. The molecule has 0 radical (unpaired) electrons. The van der Waals surface area contributed by atoms with Crippen molar-refractivity contribution < 1.29 is 4.79 Å². The van der Waals surface area contributed by atoms with E-state index in [0.717, 1.165) is 32.4 Å². The van der Waals surface area contributed by atoms with Crippen LogP contribution in [0.1, 0.15) is 5.56 Å². The second kappa shape index (κ2) is 7.18. The Bertz CT molecular complexity index is 1040. The minimum Gasteiger partial charge on any atom is -0.325 e. The van der Waals surface area contributed by atoms with E-state index in [1.54, 1.807) is 11.8 Å². The van der Waals surface area contributed by atoms with Gasteiger partial charge < -0.3 is 5.32 Å². The predicted octanol–water partition coefficient (Wildman–Crippen LogP) is 5.43. The number of aryl methyl sites for hydroxylation is 1. The summed E-state index contributed by atoms with van der Waals surface area (Å²) in [5.74, 6) is 0.343. The number of carbonyl (C=O) groups is 1. The summed E-state index contributed by atoms with van der Waals surface area (Å²) in [5, 5.41) is 5.13. The highest BCUT2D eigenvalue weighted by molar-refractivity contribution is 8.00. The summed E-state index contributed by atoms with van der Waals surface area (Å²) >= 11 is 1.56. The number of aromatic nitrogens is 1. The number of amides is 1. The summed E-state index contributed by atoms with van der Waals surface area (Å²) in [6.07, 6.45) is 0. The van der Waals surface area contributed by atoms with Crippen LogP contribution in [0.5, 0.6) is 0 Å². The molecule has 4 rings (SSSR count). The molecule has 0 unspecified atom stereocenters. The summed E-state index contributed by atoms with van der Waals surface area (Å²) in [4.78, 5) is 18.2. The van der Waals surface area contributed by atoms with Gasteiger partial charge in [0.25, 0.3) is 0 Å². The van der Waals surface area contributed by atoms with Crippen LogP contribution in [0.25, 0.3) is 21.8 Å². The molecule has 3 aromatic carbocycles. The topological polar surface area (TPSA) is 42.0 Å². The van der Waals surface area contributed by atoms with Crippen molar-refractivity contribution in [2.45, 2.75) is 11.8 Å². The van der Waals surface area contributed by atoms with Gasteiger partial charge >= 0.3 is 0 Å². The number of fused-ring (bicyclic) bond motifs is 2. The lowest BCUT2D eigenvalue weighted by Gasteiger charge is -2.11. The first kappa shape index (κ1) is 16.6. The SMILES string of the molecule is Cc1ccc(NC(=O)CSc2c3ccccc3nc3ccccc23)cc1. The number of hydrogen-bond acceptors (Lipinski definition) is 3. The Hall–Kier alpha value is -2.85. The molecule has 1 N–H and O–H groups in total.